The Balaban J connectivity index is 0.00000400. The van der Waals surface area contributed by atoms with Crippen molar-refractivity contribution in [3.8, 4) is 0 Å². The van der Waals surface area contributed by atoms with Crippen LogP contribution in [0.25, 0.3) is 0 Å². The van der Waals surface area contributed by atoms with Gasteiger partial charge >= 0.3 is 0 Å². The van der Waals surface area contributed by atoms with E-state index in [0.29, 0.717) is 31.6 Å². The topological polar surface area (TPSA) is 88.3 Å². The zero-order valence-corrected chi connectivity index (χ0v) is 14.1. The first-order chi connectivity index (χ1) is 9.62. The summed E-state index contributed by atoms with van der Waals surface area (Å²) in [6, 6.07) is 0. The number of amides is 2. The average molecular weight is 335 g/mol. The number of thiazole rings is 1. The van der Waals surface area contributed by atoms with Crippen LogP contribution in [0.3, 0.4) is 0 Å². The minimum absolute atomic E-state index is 0. The largest absolute Gasteiger partial charge is 0.351 e. The fourth-order valence-corrected chi connectivity index (χ4v) is 2.43. The molecular formula is C13H23ClN4O2S. The molecule has 120 valence electrons. The van der Waals surface area contributed by atoms with Gasteiger partial charge in [0.15, 0.2) is 0 Å². The van der Waals surface area contributed by atoms with Crippen LogP contribution in [0, 0.1) is 0 Å². The van der Waals surface area contributed by atoms with E-state index >= 15 is 0 Å². The summed E-state index contributed by atoms with van der Waals surface area (Å²) in [6.07, 6.45) is 1.09. The number of nitrogens with zero attached hydrogens (tertiary/aromatic N) is 2. The van der Waals surface area contributed by atoms with Crippen LogP contribution >= 0.6 is 23.7 Å². The van der Waals surface area contributed by atoms with Crippen molar-refractivity contribution >= 4 is 35.6 Å². The van der Waals surface area contributed by atoms with Gasteiger partial charge in [0.1, 0.15) is 10.7 Å². The predicted octanol–water partition coefficient (Wildman–Crippen LogP) is 1.40. The minimum atomic E-state index is -0.212. The molecule has 0 aliphatic heterocycles. The van der Waals surface area contributed by atoms with Crippen molar-refractivity contribution in [3.63, 3.8) is 0 Å². The molecule has 8 heteroatoms. The number of hydrogen-bond donors (Lipinski definition) is 2. The van der Waals surface area contributed by atoms with E-state index in [-0.39, 0.29) is 24.2 Å². The third-order valence-corrected chi connectivity index (χ3v) is 3.80. The number of carbonyl (C=O) groups excluding carboxylic acids is 2. The molecule has 0 bridgehead atoms. The molecule has 0 atom stereocenters. The van der Waals surface area contributed by atoms with Crippen LogP contribution in [0.1, 0.15) is 42.2 Å². The zero-order chi connectivity index (χ0) is 15.0. The van der Waals surface area contributed by atoms with Gasteiger partial charge in [-0.3, -0.25) is 9.59 Å². The van der Waals surface area contributed by atoms with E-state index in [4.69, 9.17) is 5.73 Å². The van der Waals surface area contributed by atoms with Crippen LogP contribution in [0.5, 0.6) is 0 Å². The van der Waals surface area contributed by atoms with Crippen LogP contribution < -0.4 is 11.1 Å². The van der Waals surface area contributed by atoms with Crippen molar-refractivity contribution in [1.82, 2.24) is 15.2 Å². The Morgan fingerprint density at radius 3 is 2.57 bits per heavy atom. The molecule has 6 nitrogen and oxygen atoms in total. The van der Waals surface area contributed by atoms with Gasteiger partial charge in [0, 0.05) is 38.0 Å². The van der Waals surface area contributed by atoms with Crippen molar-refractivity contribution in [2.75, 3.05) is 19.6 Å². The molecule has 0 saturated heterocycles. The number of rotatable bonds is 8. The predicted molar refractivity (Wildman–Crippen MR) is 86.7 cm³/mol. The Kier molecular flexibility index (Phi) is 9.94. The van der Waals surface area contributed by atoms with E-state index in [1.807, 2.05) is 13.8 Å². The first-order valence-corrected chi connectivity index (χ1v) is 7.70. The number of nitrogens with two attached hydrogens (primary N) is 1. The molecule has 0 aromatic carbocycles. The number of aromatic nitrogens is 1. The lowest BCUT2D eigenvalue weighted by Gasteiger charge is -2.18. The fraction of sp³-hybridized carbons (Fsp3) is 0.615. The molecule has 3 N–H and O–H groups in total. The maximum absolute atomic E-state index is 11.8. The zero-order valence-electron chi connectivity index (χ0n) is 12.4. The molecule has 0 aliphatic carbocycles. The number of carbonyl (C=O) groups is 2. The highest BCUT2D eigenvalue weighted by molar-refractivity contribution is 7.09. The summed E-state index contributed by atoms with van der Waals surface area (Å²) in [6.45, 7) is 6.18. The van der Waals surface area contributed by atoms with Crippen LogP contribution in [-0.2, 0) is 11.3 Å². The van der Waals surface area contributed by atoms with Gasteiger partial charge in [0.05, 0.1) is 0 Å². The van der Waals surface area contributed by atoms with Crippen LogP contribution in [-0.4, -0.2) is 41.3 Å². The molecule has 1 rings (SSSR count). The summed E-state index contributed by atoms with van der Waals surface area (Å²) in [5, 5.41) is 5.20. The molecule has 0 unspecified atom stereocenters. The van der Waals surface area contributed by atoms with E-state index in [1.54, 1.807) is 10.3 Å². The van der Waals surface area contributed by atoms with E-state index < -0.39 is 0 Å². The van der Waals surface area contributed by atoms with Crippen molar-refractivity contribution in [1.29, 1.82) is 0 Å². The molecule has 0 fully saturated rings. The van der Waals surface area contributed by atoms with Gasteiger partial charge in [-0.25, -0.2) is 4.98 Å². The van der Waals surface area contributed by atoms with Crippen molar-refractivity contribution in [2.45, 2.75) is 33.2 Å². The lowest BCUT2D eigenvalue weighted by molar-refractivity contribution is -0.130. The van der Waals surface area contributed by atoms with Gasteiger partial charge in [0.25, 0.3) is 5.91 Å². The molecule has 21 heavy (non-hydrogen) atoms. The summed E-state index contributed by atoms with van der Waals surface area (Å²) in [5.41, 5.74) is 5.84. The second-order valence-electron chi connectivity index (χ2n) is 4.26. The smallest absolute Gasteiger partial charge is 0.270 e. The summed E-state index contributed by atoms with van der Waals surface area (Å²) in [5.74, 6) is -0.0837. The highest BCUT2D eigenvalue weighted by Crippen LogP contribution is 2.08. The van der Waals surface area contributed by atoms with Gasteiger partial charge in [-0.2, -0.15) is 0 Å². The van der Waals surface area contributed by atoms with E-state index in [1.165, 1.54) is 11.3 Å². The monoisotopic (exact) mass is 334 g/mol. The standard InChI is InChI=1S/C13H22N4O2S.ClH/c1-3-17(4-2)12(18)6-5-7-15-13(19)10-9-20-11(8-14)16-10;/h9H,3-8,14H2,1-2H3,(H,15,19);1H. The highest BCUT2D eigenvalue weighted by atomic mass is 35.5. The Hall–Kier alpha value is -1.18. The molecule has 0 radical (unpaired) electrons. The Bertz CT molecular complexity index is 449. The molecule has 0 saturated carbocycles. The molecule has 1 aromatic heterocycles. The molecule has 2 amide bonds. The van der Waals surface area contributed by atoms with Gasteiger partial charge in [-0.15, -0.1) is 23.7 Å². The van der Waals surface area contributed by atoms with Gasteiger partial charge in [0.2, 0.25) is 5.91 Å². The lowest BCUT2D eigenvalue weighted by atomic mass is 10.2. The molecular weight excluding hydrogens is 312 g/mol. The van der Waals surface area contributed by atoms with E-state index in [0.717, 1.165) is 18.1 Å². The van der Waals surface area contributed by atoms with Gasteiger partial charge in [-0.05, 0) is 20.3 Å². The van der Waals surface area contributed by atoms with Crippen LogP contribution in [0.15, 0.2) is 5.38 Å². The summed E-state index contributed by atoms with van der Waals surface area (Å²) >= 11 is 1.37. The second kappa shape index (κ2) is 10.5. The van der Waals surface area contributed by atoms with E-state index in [2.05, 4.69) is 10.3 Å². The number of halogens is 1. The number of hydrogen-bond acceptors (Lipinski definition) is 5. The van der Waals surface area contributed by atoms with Crippen molar-refractivity contribution in [2.24, 2.45) is 5.73 Å². The van der Waals surface area contributed by atoms with Crippen LogP contribution in [0.2, 0.25) is 0 Å². The average Bonchev–Trinajstić information content (AvgIpc) is 2.93. The van der Waals surface area contributed by atoms with E-state index in [9.17, 15) is 9.59 Å². The third-order valence-electron chi connectivity index (χ3n) is 2.93. The quantitative estimate of drug-likeness (QED) is 0.703. The maximum atomic E-state index is 11.8. The lowest BCUT2D eigenvalue weighted by Crippen LogP contribution is -2.31. The Morgan fingerprint density at radius 1 is 1.38 bits per heavy atom. The summed E-state index contributed by atoms with van der Waals surface area (Å²) in [7, 11) is 0. The molecule has 0 aliphatic rings. The van der Waals surface area contributed by atoms with Crippen LogP contribution in [0.4, 0.5) is 0 Å². The molecule has 0 spiro atoms. The Morgan fingerprint density at radius 2 is 2.05 bits per heavy atom. The fourth-order valence-electron chi connectivity index (χ4n) is 1.78. The second-order valence-corrected chi connectivity index (χ2v) is 5.20. The van der Waals surface area contributed by atoms with Crippen molar-refractivity contribution in [3.05, 3.63) is 16.1 Å². The SMILES string of the molecule is CCN(CC)C(=O)CCCNC(=O)c1csc(CN)n1.Cl. The maximum Gasteiger partial charge on any atom is 0.270 e. The minimum Gasteiger partial charge on any atom is -0.351 e. The first-order valence-electron chi connectivity index (χ1n) is 6.82. The summed E-state index contributed by atoms with van der Waals surface area (Å²) in [4.78, 5) is 29.4. The highest BCUT2D eigenvalue weighted by Gasteiger charge is 2.11. The normalized spacial score (nSPS) is 9.86. The molecule has 1 heterocycles. The first kappa shape index (κ1) is 19.8. The third kappa shape index (κ3) is 6.41. The Labute approximate surface area is 135 Å². The van der Waals surface area contributed by atoms with Crippen molar-refractivity contribution < 1.29 is 9.59 Å². The molecule has 1 aromatic rings. The number of nitrogens with one attached hydrogen (secondary N) is 1. The summed E-state index contributed by atoms with van der Waals surface area (Å²) < 4.78 is 0. The van der Waals surface area contributed by atoms with Gasteiger partial charge in [-0.1, -0.05) is 0 Å². The van der Waals surface area contributed by atoms with Gasteiger partial charge < -0.3 is 16.0 Å².